The molecule has 2 aliphatic carbocycles. The van der Waals surface area contributed by atoms with Crippen LogP contribution in [0.25, 0.3) is 22.5 Å². The monoisotopic (exact) mass is 1100 g/mol. The van der Waals surface area contributed by atoms with Crippen molar-refractivity contribution in [1.29, 1.82) is 0 Å². The zero-order valence-corrected chi connectivity index (χ0v) is 32.3. The normalized spacial score (nSPS) is 15.1. The Bertz CT molecular complexity index is 2220. The van der Waals surface area contributed by atoms with Gasteiger partial charge in [-0.25, -0.2) is 8.78 Å². The van der Waals surface area contributed by atoms with Gasteiger partial charge in [0.2, 0.25) is 12.3 Å². The number of alkyl halides is 18. The molecule has 4 aromatic heterocycles. The Hall–Kier alpha value is -5.63. The van der Waals surface area contributed by atoms with Gasteiger partial charge in [0.05, 0.1) is 67.3 Å². The number of allylic oxidation sites excluding steroid dienone is 6. The largest absolute Gasteiger partial charge is 0.417 e. The van der Waals surface area contributed by atoms with Gasteiger partial charge in [0.25, 0.3) is 0 Å². The van der Waals surface area contributed by atoms with E-state index in [0.717, 1.165) is 36.4 Å². The molecule has 0 N–H and O–H groups in total. The number of hydrogen-bond donors (Lipinski definition) is 0. The molecular formula is C38H16F20IrN4. The summed E-state index contributed by atoms with van der Waals surface area (Å²) in [4.78, 5) is 13.9. The van der Waals surface area contributed by atoms with Gasteiger partial charge in [0, 0.05) is 44.9 Å². The van der Waals surface area contributed by atoms with Crippen molar-refractivity contribution in [2.75, 3.05) is 0 Å². The zero-order valence-electron chi connectivity index (χ0n) is 29.9. The van der Waals surface area contributed by atoms with Crippen molar-refractivity contribution >= 4 is 11.1 Å². The molecule has 0 bridgehead atoms. The minimum Gasteiger partial charge on any atom is -0.255 e. The van der Waals surface area contributed by atoms with E-state index in [1.807, 2.05) is 11.5 Å². The van der Waals surface area contributed by atoms with E-state index in [4.69, 9.17) is 0 Å². The fourth-order valence-corrected chi connectivity index (χ4v) is 4.50. The minimum absolute atomic E-state index is 0. The molecule has 4 heterocycles. The molecule has 0 saturated carbocycles. The quantitative estimate of drug-likeness (QED) is 0.152. The van der Waals surface area contributed by atoms with Crippen LogP contribution in [0.15, 0.2) is 120 Å². The van der Waals surface area contributed by atoms with Crippen molar-refractivity contribution in [3.63, 3.8) is 0 Å². The van der Waals surface area contributed by atoms with E-state index in [-0.39, 0.29) is 55.0 Å². The third-order valence-corrected chi connectivity index (χ3v) is 7.58. The molecule has 0 fully saturated rings. The Kier molecular flexibility index (Phi) is 15.9. The molecule has 2 aliphatic rings. The van der Waals surface area contributed by atoms with E-state index in [1.54, 1.807) is 0 Å². The fraction of sp³-hybridized carbons (Fsp3) is 0.158. The first-order valence-electron chi connectivity index (χ1n) is 16.1. The summed E-state index contributed by atoms with van der Waals surface area (Å²) in [7, 11) is 0. The zero-order chi connectivity index (χ0) is 46.6. The SMILES string of the molecule is FC(F)(F)c1ccc(-c2ccc(C(F)(F)F)cn2)nc1.F[C]1C=C(C(F)(F)F)C=C=C1c1ccc(C(F)(F)F)cn1.F[C]1C=C(C(F)(F)F)C=C=C1c1ccc(C(F)(F)F)cn1.[Ir]. The van der Waals surface area contributed by atoms with Crippen LogP contribution in [0.4, 0.5) is 87.8 Å². The minimum atomic E-state index is -4.73. The summed E-state index contributed by atoms with van der Waals surface area (Å²) in [5.41, 5.74) is -3.57. The predicted octanol–water partition coefficient (Wildman–Crippen LogP) is 13.5. The third-order valence-electron chi connectivity index (χ3n) is 7.58. The van der Waals surface area contributed by atoms with Crippen LogP contribution in [0, 0.1) is 12.3 Å². The van der Waals surface area contributed by atoms with E-state index < -0.39 is 93.9 Å². The predicted molar refractivity (Wildman–Crippen MR) is 176 cm³/mol. The van der Waals surface area contributed by atoms with Gasteiger partial charge in [-0.15, -0.1) is 11.5 Å². The summed E-state index contributed by atoms with van der Waals surface area (Å²) in [6.45, 7) is 0. The molecule has 0 amide bonds. The maximum Gasteiger partial charge on any atom is 0.417 e. The Balaban J connectivity index is 0.000000250. The third kappa shape index (κ3) is 14.2. The maximum atomic E-state index is 13.6. The van der Waals surface area contributed by atoms with Gasteiger partial charge in [-0.3, -0.25) is 19.9 Å². The number of rotatable bonds is 3. The van der Waals surface area contributed by atoms with Gasteiger partial charge in [-0.2, -0.15) is 79.0 Å². The number of aromatic nitrogens is 4. The van der Waals surface area contributed by atoms with E-state index in [9.17, 15) is 87.8 Å². The molecule has 0 saturated heterocycles. The average molecular weight is 1100 g/mol. The Morgan fingerprint density at radius 2 is 0.571 bits per heavy atom. The van der Waals surface area contributed by atoms with Crippen LogP contribution < -0.4 is 0 Å². The molecule has 0 aromatic carbocycles. The summed E-state index contributed by atoms with van der Waals surface area (Å²) < 4.78 is 249. The molecule has 4 nitrogen and oxygen atoms in total. The van der Waals surface area contributed by atoms with E-state index in [1.165, 1.54) is 0 Å². The van der Waals surface area contributed by atoms with E-state index >= 15 is 0 Å². The molecule has 25 heteroatoms. The fourth-order valence-electron chi connectivity index (χ4n) is 4.50. The molecule has 337 valence electrons. The van der Waals surface area contributed by atoms with Crippen molar-refractivity contribution in [3.05, 3.63) is 166 Å². The molecule has 0 unspecified atom stereocenters. The molecule has 3 radical (unpaired) electrons. The number of nitrogens with zero attached hydrogens (tertiary/aromatic N) is 4. The van der Waals surface area contributed by atoms with Crippen LogP contribution in [0.3, 0.4) is 0 Å². The average Bonchev–Trinajstić information content (AvgIpc) is 3.16. The standard InChI is InChI=1S/2C13H5F7N.C12H6F6N2.Ir/c2*14-10-5-7(12(15,16)17)1-3-9(10)11-4-2-8(6-21-11)13(18,19)20;13-11(14,15)7-1-3-9(19-5-7)10-4-2-8(6-20-10)12(16,17)18;/h2*1-2,4-6H;1-6H;. The van der Waals surface area contributed by atoms with Gasteiger partial charge in [0.15, 0.2) is 0 Å². The topological polar surface area (TPSA) is 51.6 Å². The smallest absolute Gasteiger partial charge is 0.255 e. The van der Waals surface area contributed by atoms with Gasteiger partial charge in [-0.1, -0.05) is 0 Å². The summed E-state index contributed by atoms with van der Waals surface area (Å²) in [5.74, 6) is 0. The molecule has 0 aliphatic heterocycles. The first-order chi connectivity index (χ1) is 28.4. The van der Waals surface area contributed by atoms with Crippen molar-refractivity contribution in [3.8, 4) is 11.4 Å². The van der Waals surface area contributed by atoms with Crippen molar-refractivity contribution in [1.82, 2.24) is 19.9 Å². The summed E-state index contributed by atoms with van der Waals surface area (Å²) >= 11 is 0. The van der Waals surface area contributed by atoms with Crippen LogP contribution in [-0.2, 0) is 44.8 Å². The van der Waals surface area contributed by atoms with Gasteiger partial charge in [0.1, 0.15) is 0 Å². The molecule has 0 atom stereocenters. The van der Waals surface area contributed by atoms with E-state index in [2.05, 4.69) is 19.9 Å². The van der Waals surface area contributed by atoms with Gasteiger partial charge >= 0.3 is 37.1 Å². The second kappa shape index (κ2) is 19.4. The summed E-state index contributed by atoms with van der Waals surface area (Å²) in [5, 5.41) is 0. The van der Waals surface area contributed by atoms with Crippen LogP contribution >= 0.6 is 0 Å². The van der Waals surface area contributed by atoms with Gasteiger partial charge in [-0.05, 0) is 72.8 Å². The molecule has 63 heavy (non-hydrogen) atoms. The van der Waals surface area contributed by atoms with Crippen LogP contribution in [-0.4, -0.2) is 32.3 Å². The molecule has 4 aromatic rings. The second-order valence-corrected chi connectivity index (χ2v) is 11.9. The first-order valence-corrected chi connectivity index (χ1v) is 16.1. The number of halogens is 20. The Labute approximate surface area is 353 Å². The first kappa shape index (κ1) is 51.7. The van der Waals surface area contributed by atoms with Crippen LogP contribution in [0.2, 0.25) is 0 Å². The van der Waals surface area contributed by atoms with E-state index in [0.29, 0.717) is 49.1 Å². The molecule has 6 rings (SSSR count). The molecular weight excluding hydrogens is 1080 g/mol. The van der Waals surface area contributed by atoms with Crippen LogP contribution in [0.5, 0.6) is 0 Å². The maximum absolute atomic E-state index is 13.6. The van der Waals surface area contributed by atoms with Crippen LogP contribution in [0.1, 0.15) is 33.6 Å². The summed E-state index contributed by atoms with van der Waals surface area (Å²) in [6.07, 6.45) is -26.6. The van der Waals surface area contributed by atoms with Crippen molar-refractivity contribution in [2.45, 2.75) is 37.1 Å². The Morgan fingerprint density at radius 3 is 0.746 bits per heavy atom. The summed E-state index contributed by atoms with van der Waals surface area (Å²) in [6, 6.07) is 6.75. The van der Waals surface area contributed by atoms with Gasteiger partial charge < -0.3 is 0 Å². The molecule has 0 spiro atoms. The van der Waals surface area contributed by atoms with Crippen molar-refractivity contribution in [2.24, 2.45) is 0 Å². The number of hydrogen-bond acceptors (Lipinski definition) is 4. The number of pyridine rings is 4. The second-order valence-electron chi connectivity index (χ2n) is 11.9. The Morgan fingerprint density at radius 1 is 0.333 bits per heavy atom. The van der Waals surface area contributed by atoms with Crippen molar-refractivity contribution < 1.29 is 108 Å².